The van der Waals surface area contributed by atoms with Gasteiger partial charge in [0.05, 0.1) is 6.04 Å². The molecule has 0 aliphatic heterocycles. The molecule has 1 unspecified atom stereocenters. The molecule has 0 saturated carbocycles. The van der Waals surface area contributed by atoms with E-state index in [9.17, 15) is 0 Å². The average molecular weight is 289 g/mol. The highest BCUT2D eigenvalue weighted by Gasteiger charge is 2.13. The molecule has 106 valence electrons. The molecule has 0 heterocycles. The van der Waals surface area contributed by atoms with Crippen molar-refractivity contribution in [2.75, 3.05) is 11.9 Å². The van der Waals surface area contributed by atoms with E-state index in [1.54, 1.807) is 0 Å². The number of hydrogen-bond acceptors (Lipinski definition) is 2. The molecular weight excluding hydrogens is 268 g/mol. The zero-order valence-corrected chi connectivity index (χ0v) is 12.7. The minimum Gasteiger partial charge on any atom is -0.377 e. The zero-order valence-electron chi connectivity index (χ0n) is 12.0. The Bertz CT molecular complexity index is 581. The van der Waals surface area contributed by atoms with Gasteiger partial charge in [-0.1, -0.05) is 48.9 Å². The van der Waals surface area contributed by atoms with Crippen molar-refractivity contribution in [1.82, 2.24) is 0 Å². The summed E-state index contributed by atoms with van der Waals surface area (Å²) in [5.74, 6) is 0. The lowest BCUT2D eigenvalue weighted by Gasteiger charge is -2.21. The maximum absolute atomic E-state index is 6.17. The van der Waals surface area contributed by atoms with Crippen LogP contribution in [0.5, 0.6) is 0 Å². The predicted octanol–water partition coefficient (Wildman–Crippen LogP) is 4.32. The third kappa shape index (κ3) is 3.33. The van der Waals surface area contributed by atoms with Gasteiger partial charge >= 0.3 is 0 Å². The Morgan fingerprint density at radius 1 is 1.20 bits per heavy atom. The van der Waals surface area contributed by atoms with E-state index in [2.05, 4.69) is 36.5 Å². The molecule has 0 aromatic heterocycles. The Labute approximate surface area is 126 Å². The molecule has 20 heavy (non-hydrogen) atoms. The Morgan fingerprint density at radius 3 is 2.60 bits per heavy atom. The van der Waals surface area contributed by atoms with Crippen molar-refractivity contribution in [3.8, 4) is 0 Å². The highest BCUT2D eigenvalue weighted by Crippen LogP contribution is 2.25. The van der Waals surface area contributed by atoms with E-state index in [1.165, 1.54) is 11.1 Å². The number of benzene rings is 2. The minimum atomic E-state index is 0.102. The topological polar surface area (TPSA) is 38.0 Å². The van der Waals surface area contributed by atoms with Gasteiger partial charge in [0.15, 0.2) is 0 Å². The molecule has 2 aromatic rings. The van der Waals surface area contributed by atoms with Crippen LogP contribution in [0.1, 0.15) is 29.7 Å². The number of nitrogens with one attached hydrogen (secondary N) is 1. The third-order valence-corrected chi connectivity index (χ3v) is 3.97. The molecule has 0 aliphatic carbocycles. The number of anilines is 1. The fourth-order valence-electron chi connectivity index (χ4n) is 2.34. The summed E-state index contributed by atoms with van der Waals surface area (Å²) in [5, 5.41) is 4.25. The molecule has 1 atom stereocenters. The highest BCUT2D eigenvalue weighted by atomic mass is 35.5. The molecule has 2 nitrogen and oxygen atoms in total. The maximum atomic E-state index is 6.17. The Balaban J connectivity index is 2.26. The van der Waals surface area contributed by atoms with Crippen molar-refractivity contribution in [2.24, 2.45) is 5.73 Å². The van der Waals surface area contributed by atoms with Crippen molar-refractivity contribution in [2.45, 2.75) is 26.3 Å². The summed E-state index contributed by atoms with van der Waals surface area (Å²) < 4.78 is 0. The highest BCUT2D eigenvalue weighted by molar-refractivity contribution is 6.31. The second-order valence-corrected chi connectivity index (χ2v) is 5.36. The van der Waals surface area contributed by atoms with Crippen molar-refractivity contribution >= 4 is 17.3 Å². The predicted molar refractivity (Wildman–Crippen MR) is 87.4 cm³/mol. The number of rotatable bonds is 5. The van der Waals surface area contributed by atoms with Gasteiger partial charge < -0.3 is 11.1 Å². The standard InChI is InChI=1S/C17H21ClN2/c1-3-13-6-4-5-7-15(13)17(11-19)20-14-9-8-12(2)16(18)10-14/h4-10,17,20H,3,11,19H2,1-2H3. The van der Waals surface area contributed by atoms with Crippen molar-refractivity contribution in [1.29, 1.82) is 0 Å². The second-order valence-electron chi connectivity index (χ2n) is 4.95. The molecule has 0 radical (unpaired) electrons. The lowest BCUT2D eigenvalue weighted by Crippen LogP contribution is -2.21. The first-order valence-electron chi connectivity index (χ1n) is 6.96. The van der Waals surface area contributed by atoms with Crippen molar-refractivity contribution in [3.63, 3.8) is 0 Å². The molecule has 0 bridgehead atoms. The normalized spacial score (nSPS) is 12.2. The van der Waals surface area contributed by atoms with Crippen LogP contribution in [-0.4, -0.2) is 6.54 Å². The van der Waals surface area contributed by atoms with Gasteiger partial charge in [0, 0.05) is 17.3 Å². The van der Waals surface area contributed by atoms with E-state index in [0.29, 0.717) is 6.54 Å². The fourth-order valence-corrected chi connectivity index (χ4v) is 2.52. The van der Waals surface area contributed by atoms with Crippen LogP contribution >= 0.6 is 11.6 Å². The fraction of sp³-hybridized carbons (Fsp3) is 0.294. The molecule has 0 saturated heterocycles. The lowest BCUT2D eigenvalue weighted by molar-refractivity contribution is 0.777. The first kappa shape index (κ1) is 14.9. The number of halogens is 1. The molecule has 0 aliphatic rings. The van der Waals surface area contributed by atoms with Crippen molar-refractivity contribution < 1.29 is 0 Å². The Kier molecular flexibility index (Phi) is 5.05. The second kappa shape index (κ2) is 6.78. The van der Waals surface area contributed by atoms with Crippen LogP contribution in [0.3, 0.4) is 0 Å². The lowest BCUT2D eigenvalue weighted by atomic mass is 9.98. The van der Waals surface area contributed by atoms with E-state index in [1.807, 2.05) is 25.1 Å². The van der Waals surface area contributed by atoms with Gasteiger partial charge in [-0.25, -0.2) is 0 Å². The van der Waals surface area contributed by atoms with Crippen LogP contribution in [0.2, 0.25) is 5.02 Å². The van der Waals surface area contributed by atoms with Crippen LogP contribution < -0.4 is 11.1 Å². The molecular formula is C17H21ClN2. The minimum absolute atomic E-state index is 0.102. The zero-order chi connectivity index (χ0) is 14.5. The van der Waals surface area contributed by atoms with Crippen LogP contribution in [0, 0.1) is 6.92 Å². The maximum Gasteiger partial charge on any atom is 0.0638 e. The smallest absolute Gasteiger partial charge is 0.0638 e. The Morgan fingerprint density at radius 2 is 1.95 bits per heavy atom. The first-order chi connectivity index (χ1) is 9.65. The van der Waals surface area contributed by atoms with Gasteiger partial charge in [0.25, 0.3) is 0 Å². The molecule has 2 rings (SSSR count). The quantitative estimate of drug-likeness (QED) is 0.860. The molecule has 3 N–H and O–H groups in total. The van der Waals surface area contributed by atoms with Crippen LogP contribution in [0.4, 0.5) is 5.69 Å². The first-order valence-corrected chi connectivity index (χ1v) is 7.34. The largest absolute Gasteiger partial charge is 0.377 e. The average Bonchev–Trinajstić information content (AvgIpc) is 2.48. The van der Waals surface area contributed by atoms with Gasteiger partial charge in [-0.2, -0.15) is 0 Å². The summed E-state index contributed by atoms with van der Waals surface area (Å²) >= 11 is 6.17. The SMILES string of the molecule is CCc1ccccc1C(CN)Nc1ccc(C)c(Cl)c1. The van der Waals surface area contributed by atoms with Gasteiger partial charge in [0.2, 0.25) is 0 Å². The summed E-state index contributed by atoms with van der Waals surface area (Å²) in [4.78, 5) is 0. The monoisotopic (exact) mass is 288 g/mol. The van der Waals surface area contributed by atoms with Gasteiger partial charge in [-0.05, 0) is 42.2 Å². The van der Waals surface area contributed by atoms with Gasteiger partial charge in [-0.15, -0.1) is 0 Å². The van der Waals surface area contributed by atoms with Crippen LogP contribution in [0.25, 0.3) is 0 Å². The van der Waals surface area contributed by atoms with Crippen LogP contribution in [0.15, 0.2) is 42.5 Å². The Hall–Kier alpha value is -1.51. The van der Waals surface area contributed by atoms with E-state index in [0.717, 1.165) is 22.7 Å². The van der Waals surface area contributed by atoms with Gasteiger partial charge in [0.1, 0.15) is 0 Å². The number of aryl methyl sites for hydroxylation is 2. The molecule has 3 heteroatoms. The molecule has 2 aromatic carbocycles. The third-order valence-electron chi connectivity index (χ3n) is 3.56. The summed E-state index contributed by atoms with van der Waals surface area (Å²) in [6, 6.07) is 14.5. The van der Waals surface area contributed by atoms with Crippen molar-refractivity contribution in [3.05, 3.63) is 64.2 Å². The summed E-state index contributed by atoms with van der Waals surface area (Å²) in [7, 11) is 0. The van der Waals surface area contributed by atoms with E-state index < -0.39 is 0 Å². The molecule has 0 amide bonds. The summed E-state index contributed by atoms with van der Waals surface area (Å²) in [6.45, 7) is 4.70. The van der Waals surface area contributed by atoms with Crippen LogP contribution in [-0.2, 0) is 6.42 Å². The van der Waals surface area contributed by atoms with E-state index in [4.69, 9.17) is 17.3 Å². The number of nitrogens with two attached hydrogens (primary N) is 1. The van der Waals surface area contributed by atoms with Gasteiger partial charge in [-0.3, -0.25) is 0 Å². The number of hydrogen-bond donors (Lipinski definition) is 2. The molecule has 0 fully saturated rings. The van der Waals surface area contributed by atoms with E-state index >= 15 is 0 Å². The summed E-state index contributed by atoms with van der Waals surface area (Å²) in [5.41, 5.74) is 10.6. The molecule has 0 spiro atoms. The van der Waals surface area contributed by atoms with E-state index in [-0.39, 0.29) is 6.04 Å². The summed E-state index contributed by atoms with van der Waals surface area (Å²) in [6.07, 6.45) is 1.00.